The van der Waals surface area contributed by atoms with Crippen LogP contribution in [0.1, 0.15) is 38.7 Å². The van der Waals surface area contributed by atoms with E-state index in [2.05, 4.69) is 24.2 Å². The van der Waals surface area contributed by atoms with Crippen LogP contribution in [0.3, 0.4) is 0 Å². The van der Waals surface area contributed by atoms with Gasteiger partial charge in [0.25, 0.3) is 0 Å². The number of hydrogen-bond acceptors (Lipinski definition) is 6. The van der Waals surface area contributed by atoms with Crippen molar-refractivity contribution in [1.29, 1.82) is 0 Å². The molecule has 0 radical (unpaired) electrons. The highest BCUT2D eigenvalue weighted by atomic mass is 32.2. The Morgan fingerprint density at radius 1 is 1.18 bits per heavy atom. The molecule has 3 heterocycles. The van der Waals surface area contributed by atoms with E-state index in [-0.39, 0.29) is 28.7 Å². The van der Waals surface area contributed by atoms with Crippen molar-refractivity contribution in [3.05, 3.63) is 29.8 Å². The van der Waals surface area contributed by atoms with Gasteiger partial charge in [0.05, 0.1) is 24.0 Å². The normalized spacial score (nSPS) is 31.4. The molecule has 28 heavy (non-hydrogen) atoms. The number of benzene rings is 1. The van der Waals surface area contributed by atoms with Crippen molar-refractivity contribution < 1.29 is 13.2 Å². The van der Waals surface area contributed by atoms with E-state index < -0.39 is 9.84 Å². The van der Waals surface area contributed by atoms with E-state index in [1.807, 2.05) is 29.2 Å². The second-order valence-electron chi connectivity index (χ2n) is 8.16. The number of nitrogens with zero attached hydrogens (tertiary/aromatic N) is 2. The predicted octanol–water partition coefficient (Wildman–Crippen LogP) is 2.70. The molecule has 1 aromatic rings. The molecule has 4 atom stereocenters. The lowest BCUT2D eigenvalue weighted by Gasteiger charge is -2.39. The molecular formula is C20H27N3O3S2. The Bertz CT molecular complexity index is 872. The zero-order valence-electron chi connectivity index (χ0n) is 16.3. The molecular weight excluding hydrogens is 394 g/mol. The Labute approximate surface area is 171 Å². The van der Waals surface area contributed by atoms with E-state index in [1.54, 1.807) is 0 Å². The molecule has 2 fully saturated rings. The maximum atomic E-state index is 12.8. The summed E-state index contributed by atoms with van der Waals surface area (Å²) in [4.78, 5) is 19.3. The summed E-state index contributed by atoms with van der Waals surface area (Å²) in [6.45, 7) is 4.28. The molecule has 0 unspecified atom stereocenters. The second-order valence-corrected chi connectivity index (χ2v) is 11.5. The lowest BCUT2D eigenvalue weighted by atomic mass is 9.96. The standard InChI is InChI=1S/C20H27N3O3S2/c1-13-4-3-5-14(2)23(13)19(24)10-15-6-8-16(9-7-15)21-20-22-17-11-28(25,26)12-18(17)27-20/h6-9,13-14,17-18H,3-5,10-12H2,1-2H3,(H,21,22)/t13-,14-,17+,18-/m0/s1. The highest BCUT2D eigenvalue weighted by Gasteiger charge is 2.42. The Morgan fingerprint density at radius 2 is 1.86 bits per heavy atom. The highest BCUT2D eigenvalue weighted by molar-refractivity contribution is 8.15. The van der Waals surface area contributed by atoms with Gasteiger partial charge < -0.3 is 10.2 Å². The molecule has 0 aliphatic carbocycles. The number of nitrogens with one attached hydrogen (secondary N) is 1. The van der Waals surface area contributed by atoms with Crippen LogP contribution in [-0.2, 0) is 21.1 Å². The number of likely N-dealkylation sites (tertiary alicyclic amines) is 1. The monoisotopic (exact) mass is 421 g/mol. The van der Waals surface area contributed by atoms with Crippen LogP contribution in [0, 0.1) is 0 Å². The first kappa shape index (κ1) is 19.8. The maximum Gasteiger partial charge on any atom is 0.227 e. The molecule has 8 heteroatoms. The van der Waals surface area contributed by atoms with Crippen molar-refractivity contribution in [2.75, 3.05) is 16.8 Å². The Kier molecular flexibility index (Phi) is 5.44. The van der Waals surface area contributed by atoms with E-state index in [4.69, 9.17) is 0 Å². The number of hydrogen-bond donors (Lipinski definition) is 1. The van der Waals surface area contributed by atoms with Crippen molar-refractivity contribution >= 4 is 38.4 Å². The minimum absolute atomic E-state index is 0.0397. The molecule has 1 aromatic carbocycles. The van der Waals surface area contributed by atoms with E-state index in [0.29, 0.717) is 18.5 Å². The second kappa shape index (κ2) is 7.71. The first-order chi connectivity index (χ1) is 13.3. The van der Waals surface area contributed by atoms with Crippen molar-refractivity contribution in [3.63, 3.8) is 0 Å². The number of carbonyl (C=O) groups is 1. The van der Waals surface area contributed by atoms with Crippen molar-refractivity contribution in [3.8, 4) is 0 Å². The average molecular weight is 422 g/mol. The van der Waals surface area contributed by atoms with E-state index in [0.717, 1.165) is 29.3 Å². The number of amides is 1. The van der Waals surface area contributed by atoms with Crippen LogP contribution in [0.4, 0.5) is 5.69 Å². The van der Waals surface area contributed by atoms with Gasteiger partial charge in [-0.3, -0.25) is 9.79 Å². The molecule has 4 rings (SSSR count). The van der Waals surface area contributed by atoms with Gasteiger partial charge in [0.1, 0.15) is 0 Å². The number of aliphatic imine (C=N–C) groups is 1. The van der Waals surface area contributed by atoms with Crippen LogP contribution >= 0.6 is 11.8 Å². The molecule has 0 bridgehead atoms. The summed E-state index contributed by atoms with van der Waals surface area (Å²) in [5.41, 5.74) is 1.91. The summed E-state index contributed by atoms with van der Waals surface area (Å²) < 4.78 is 23.3. The van der Waals surface area contributed by atoms with Crippen molar-refractivity contribution in [2.24, 2.45) is 4.99 Å². The number of carbonyl (C=O) groups excluding carboxylic acids is 1. The molecule has 3 aliphatic heterocycles. The van der Waals surface area contributed by atoms with Gasteiger partial charge in [-0.1, -0.05) is 23.9 Å². The molecule has 0 aromatic heterocycles. The lowest BCUT2D eigenvalue weighted by Crippen LogP contribution is -2.48. The quantitative estimate of drug-likeness (QED) is 0.812. The van der Waals surface area contributed by atoms with Crippen LogP contribution in [0.25, 0.3) is 0 Å². The number of anilines is 1. The first-order valence-corrected chi connectivity index (χ1v) is 12.6. The highest BCUT2D eigenvalue weighted by Crippen LogP contribution is 2.34. The third-order valence-electron chi connectivity index (χ3n) is 5.86. The number of rotatable bonds is 3. The first-order valence-electron chi connectivity index (χ1n) is 9.93. The van der Waals surface area contributed by atoms with Crippen LogP contribution in [0.5, 0.6) is 0 Å². The summed E-state index contributed by atoms with van der Waals surface area (Å²) in [7, 11) is -2.93. The van der Waals surface area contributed by atoms with Crippen molar-refractivity contribution in [1.82, 2.24) is 4.90 Å². The fraction of sp³-hybridized carbons (Fsp3) is 0.600. The predicted molar refractivity (Wildman–Crippen MR) is 115 cm³/mol. The van der Waals surface area contributed by atoms with Gasteiger partial charge in [0.2, 0.25) is 5.91 Å². The molecule has 0 saturated carbocycles. The maximum absolute atomic E-state index is 12.8. The third kappa shape index (κ3) is 4.22. The van der Waals surface area contributed by atoms with Gasteiger partial charge in [0.15, 0.2) is 15.0 Å². The summed E-state index contributed by atoms with van der Waals surface area (Å²) in [5.74, 6) is 0.570. The van der Waals surface area contributed by atoms with E-state index in [9.17, 15) is 13.2 Å². The molecule has 6 nitrogen and oxygen atoms in total. The molecule has 3 aliphatic rings. The number of amidine groups is 1. The van der Waals surface area contributed by atoms with E-state index >= 15 is 0 Å². The fourth-order valence-corrected chi connectivity index (χ4v) is 8.10. The van der Waals surface area contributed by atoms with Gasteiger partial charge in [-0.05, 0) is 50.8 Å². The summed E-state index contributed by atoms with van der Waals surface area (Å²) in [5, 5.41) is 4.10. The van der Waals surface area contributed by atoms with Crippen LogP contribution in [0.15, 0.2) is 29.3 Å². The summed E-state index contributed by atoms with van der Waals surface area (Å²) in [6.07, 6.45) is 3.79. The summed E-state index contributed by atoms with van der Waals surface area (Å²) >= 11 is 1.51. The molecule has 2 saturated heterocycles. The molecule has 0 spiro atoms. The van der Waals surface area contributed by atoms with E-state index in [1.165, 1.54) is 18.2 Å². The Hall–Kier alpha value is -1.54. The molecule has 1 N–H and O–H groups in total. The number of sulfone groups is 1. The van der Waals surface area contributed by atoms with Gasteiger partial charge >= 0.3 is 0 Å². The van der Waals surface area contributed by atoms with Gasteiger partial charge in [-0.2, -0.15) is 0 Å². The fourth-order valence-electron chi connectivity index (χ4n) is 4.42. The smallest absolute Gasteiger partial charge is 0.227 e. The van der Waals surface area contributed by atoms with Gasteiger partial charge in [0, 0.05) is 23.0 Å². The minimum Gasteiger partial charge on any atom is -0.337 e. The van der Waals surface area contributed by atoms with Crippen molar-refractivity contribution in [2.45, 2.75) is 62.9 Å². The summed E-state index contributed by atoms with van der Waals surface area (Å²) in [6, 6.07) is 8.38. The largest absolute Gasteiger partial charge is 0.337 e. The minimum atomic E-state index is -2.93. The SMILES string of the molecule is C[C@H]1CCC[C@H](C)N1C(=O)Cc1ccc(NC2=N[C@@H]3CS(=O)(=O)C[C@@H]3S2)cc1. The topological polar surface area (TPSA) is 78.8 Å². The van der Waals surface area contributed by atoms with Crippen LogP contribution < -0.4 is 5.32 Å². The Morgan fingerprint density at radius 3 is 2.50 bits per heavy atom. The third-order valence-corrected chi connectivity index (χ3v) is 9.00. The zero-order chi connectivity index (χ0) is 19.9. The van der Waals surface area contributed by atoms with Crippen LogP contribution in [0.2, 0.25) is 0 Å². The molecule has 1 amide bonds. The zero-order valence-corrected chi connectivity index (χ0v) is 17.9. The lowest BCUT2D eigenvalue weighted by molar-refractivity contribution is -0.136. The van der Waals surface area contributed by atoms with Crippen LogP contribution in [-0.4, -0.2) is 59.3 Å². The van der Waals surface area contributed by atoms with Gasteiger partial charge in [-0.25, -0.2) is 8.42 Å². The Balaban J connectivity index is 1.35. The number of piperidine rings is 1. The van der Waals surface area contributed by atoms with Gasteiger partial charge in [-0.15, -0.1) is 0 Å². The molecule has 152 valence electrons. The average Bonchev–Trinajstić information content (AvgIpc) is 3.09. The number of fused-ring (bicyclic) bond motifs is 1. The number of thioether (sulfide) groups is 1.